The number of fused-ring (bicyclic) bond motifs is 1. The van der Waals surface area contributed by atoms with Gasteiger partial charge in [-0.1, -0.05) is 0 Å². The van der Waals surface area contributed by atoms with E-state index in [-0.39, 0.29) is 61.6 Å². The Kier molecular flexibility index (Phi) is 6.66. The van der Waals surface area contributed by atoms with E-state index in [0.29, 0.717) is 24.7 Å². The zero-order valence-electron chi connectivity index (χ0n) is 17.5. The molecular weight excluding hydrogens is 438 g/mol. The van der Waals surface area contributed by atoms with Gasteiger partial charge in [-0.2, -0.15) is 4.31 Å². The van der Waals surface area contributed by atoms with Gasteiger partial charge >= 0.3 is 0 Å². The van der Waals surface area contributed by atoms with Gasteiger partial charge in [-0.15, -0.1) is 0 Å². The van der Waals surface area contributed by atoms with E-state index in [0.717, 1.165) is 6.42 Å². The molecule has 1 fully saturated rings. The third-order valence-electron chi connectivity index (χ3n) is 5.32. The number of hydrogen-bond acceptors (Lipinski definition) is 7. The molecule has 1 aromatic carbocycles. The molecule has 172 valence electrons. The second-order valence-electron chi connectivity index (χ2n) is 7.43. The minimum Gasteiger partial charge on any atom is -0.490 e. The summed E-state index contributed by atoms with van der Waals surface area (Å²) in [6, 6.07) is 7.78. The third kappa shape index (κ3) is 4.89. The number of sulfonamides is 1. The summed E-state index contributed by atoms with van der Waals surface area (Å²) in [5, 5.41) is 2.63. The molecule has 10 nitrogen and oxygen atoms in total. The number of ether oxygens (including phenoxy) is 2. The van der Waals surface area contributed by atoms with Crippen molar-refractivity contribution < 1.29 is 31.9 Å². The number of piperazine rings is 1. The maximum Gasteiger partial charge on any atom is 0.286 e. The summed E-state index contributed by atoms with van der Waals surface area (Å²) >= 11 is 0. The van der Waals surface area contributed by atoms with Gasteiger partial charge in [-0.3, -0.25) is 9.59 Å². The highest BCUT2D eigenvalue weighted by Crippen LogP contribution is 2.33. The number of nitrogens with zero attached hydrogens (tertiary/aromatic N) is 2. The van der Waals surface area contributed by atoms with Crippen LogP contribution < -0.4 is 14.8 Å². The van der Waals surface area contributed by atoms with Crippen molar-refractivity contribution in [2.24, 2.45) is 0 Å². The fraction of sp³-hybridized carbons (Fsp3) is 0.429. The fourth-order valence-electron chi connectivity index (χ4n) is 3.57. The summed E-state index contributed by atoms with van der Waals surface area (Å²) in [5.74, 6) is 0.627. The van der Waals surface area contributed by atoms with E-state index in [1.807, 2.05) is 0 Å². The first-order valence-corrected chi connectivity index (χ1v) is 11.9. The second-order valence-corrected chi connectivity index (χ2v) is 9.37. The van der Waals surface area contributed by atoms with Crippen LogP contribution in [0.1, 0.15) is 23.4 Å². The lowest BCUT2D eigenvalue weighted by atomic mass is 10.3. The van der Waals surface area contributed by atoms with Crippen LogP contribution in [0, 0.1) is 0 Å². The van der Waals surface area contributed by atoms with Crippen molar-refractivity contribution in [1.29, 1.82) is 0 Å². The predicted octanol–water partition coefficient (Wildman–Crippen LogP) is 1.09. The molecule has 2 aliphatic heterocycles. The Morgan fingerprint density at radius 3 is 2.47 bits per heavy atom. The fourth-order valence-corrected chi connectivity index (χ4v) is 5.01. The number of benzene rings is 1. The van der Waals surface area contributed by atoms with Crippen molar-refractivity contribution in [3.8, 4) is 11.5 Å². The summed E-state index contributed by atoms with van der Waals surface area (Å²) in [5.41, 5.74) is 0. The van der Waals surface area contributed by atoms with E-state index in [1.54, 1.807) is 23.1 Å². The third-order valence-corrected chi connectivity index (χ3v) is 7.21. The largest absolute Gasteiger partial charge is 0.490 e. The zero-order valence-corrected chi connectivity index (χ0v) is 18.3. The summed E-state index contributed by atoms with van der Waals surface area (Å²) in [4.78, 5) is 26.0. The number of amides is 2. The molecule has 11 heteroatoms. The Morgan fingerprint density at radius 2 is 1.75 bits per heavy atom. The van der Waals surface area contributed by atoms with Crippen LogP contribution in [0.5, 0.6) is 11.5 Å². The van der Waals surface area contributed by atoms with E-state index in [1.165, 1.54) is 22.7 Å². The summed E-state index contributed by atoms with van der Waals surface area (Å²) in [6.07, 6.45) is 2.26. The quantitative estimate of drug-likeness (QED) is 0.681. The molecule has 2 aliphatic rings. The first-order valence-electron chi connectivity index (χ1n) is 10.4. The van der Waals surface area contributed by atoms with E-state index >= 15 is 0 Å². The molecule has 0 aliphatic carbocycles. The molecule has 0 atom stereocenters. The maximum atomic E-state index is 13.1. The molecule has 0 unspecified atom stereocenters. The summed E-state index contributed by atoms with van der Waals surface area (Å²) < 4.78 is 43.7. The highest BCUT2D eigenvalue weighted by atomic mass is 32.2. The summed E-state index contributed by atoms with van der Waals surface area (Å²) in [6.45, 7) is 2.14. The SMILES string of the molecule is O=C(NCCC(=O)N1CCN(S(=O)(=O)c2ccc3c(c2)OCCCO3)CC1)c1ccco1. The van der Waals surface area contributed by atoms with Gasteiger partial charge in [0.1, 0.15) is 0 Å². The van der Waals surface area contributed by atoms with E-state index in [4.69, 9.17) is 13.9 Å². The first kappa shape index (κ1) is 22.2. The van der Waals surface area contributed by atoms with Crippen LogP contribution in [-0.2, 0) is 14.8 Å². The molecule has 2 amide bonds. The van der Waals surface area contributed by atoms with Crippen LogP contribution in [0.4, 0.5) is 0 Å². The zero-order chi connectivity index (χ0) is 22.6. The molecule has 0 bridgehead atoms. The molecule has 3 heterocycles. The molecule has 1 N–H and O–H groups in total. The van der Waals surface area contributed by atoms with Gasteiger partial charge in [-0.25, -0.2) is 8.42 Å². The topological polar surface area (TPSA) is 118 Å². The molecule has 1 saturated heterocycles. The highest BCUT2D eigenvalue weighted by Gasteiger charge is 2.31. The van der Waals surface area contributed by atoms with Gasteiger partial charge in [0.2, 0.25) is 15.9 Å². The Bertz CT molecular complexity index is 1060. The van der Waals surface area contributed by atoms with Crippen LogP contribution >= 0.6 is 0 Å². The summed E-state index contributed by atoms with van der Waals surface area (Å²) in [7, 11) is -3.72. The van der Waals surface area contributed by atoms with Gasteiger partial charge in [0.15, 0.2) is 17.3 Å². The minimum absolute atomic E-state index is 0.126. The normalized spacial score (nSPS) is 16.9. The average molecular weight is 464 g/mol. The molecule has 0 saturated carbocycles. The molecule has 32 heavy (non-hydrogen) atoms. The minimum atomic E-state index is -3.72. The monoisotopic (exact) mass is 463 g/mol. The number of furan rings is 1. The smallest absolute Gasteiger partial charge is 0.286 e. The average Bonchev–Trinajstić information content (AvgIpc) is 3.24. The van der Waals surface area contributed by atoms with Crippen LogP contribution in [0.15, 0.2) is 45.9 Å². The van der Waals surface area contributed by atoms with Gasteiger partial charge in [0, 0.05) is 51.6 Å². The Morgan fingerprint density at radius 1 is 1.00 bits per heavy atom. The van der Waals surface area contributed by atoms with Crippen molar-refractivity contribution in [2.45, 2.75) is 17.7 Å². The Hall–Kier alpha value is -3.05. The lowest BCUT2D eigenvalue weighted by Crippen LogP contribution is -2.50. The second kappa shape index (κ2) is 9.61. The number of carbonyl (C=O) groups is 2. The van der Waals surface area contributed by atoms with E-state index in [9.17, 15) is 18.0 Å². The molecule has 1 aromatic heterocycles. The van der Waals surface area contributed by atoms with Crippen molar-refractivity contribution in [3.63, 3.8) is 0 Å². The number of hydrogen-bond donors (Lipinski definition) is 1. The van der Waals surface area contributed by atoms with Crippen molar-refractivity contribution in [1.82, 2.24) is 14.5 Å². The highest BCUT2D eigenvalue weighted by molar-refractivity contribution is 7.89. The van der Waals surface area contributed by atoms with Gasteiger partial charge < -0.3 is 24.1 Å². The standard InChI is InChI=1S/C21H25N3O7S/c25-20(6-7-22-21(26)18-3-1-12-30-18)23-8-10-24(11-9-23)32(27,28)16-4-5-17-19(15-16)31-14-2-13-29-17/h1,3-5,12,15H,2,6-11,13-14H2,(H,22,26). The van der Waals surface area contributed by atoms with Crippen LogP contribution in [-0.4, -0.2) is 75.4 Å². The molecule has 0 spiro atoms. The molecule has 4 rings (SSSR count). The lowest BCUT2D eigenvalue weighted by molar-refractivity contribution is -0.132. The number of carbonyl (C=O) groups excluding carboxylic acids is 2. The van der Waals surface area contributed by atoms with Crippen LogP contribution in [0.25, 0.3) is 0 Å². The van der Waals surface area contributed by atoms with Crippen molar-refractivity contribution in [2.75, 3.05) is 45.9 Å². The Labute approximate surface area is 186 Å². The van der Waals surface area contributed by atoms with Gasteiger partial charge in [0.05, 0.1) is 24.4 Å². The molecular formula is C21H25N3O7S. The van der Waals surface area contributed by atoms with E-state index < -0.39 is 10.0 Å². The number of nitrogens with one attached hydrogen (secondary N) is 1. The van der Waals surface area contributed by atoms with Crippen molar-refractivity contribution in [3.05, 3.63) is 42.4 Å². The van der Waals surface area contributed by atoms with Gasteiger partial charge in [0.25, 0.3) is 5.91 Å². The molecule has 0 radical (unpaired) electrons. The Balaban J connectivity index is 1.29. The first-order chi connectivity index (χ1) is 15.4. The van der Waals surface area contributed by atoms with E-state index in [2.05, 4.69) is 5.32 Å². The predicted molar refractivity (Wildman–Crippen MR) is 113 cm³/mol. The van der Waals surface area contributed by atoms with Gasteiger partial charge in [-0.05, 0) is 24.3 Å². The maximum absolute atomic E-state index is 13.1. The lowest BCUT2D eigenvalue weighted by Gasteiger charge is -2.34. The van der Waals surface area contributed by atoms with Crippen molar-refractivity contribution >= 4 is 21.8 Å². The molecule has 2 aromatic rings. The van der Waals surface area contributed by atoms with Crippen LogP contribution in [0.2, 0.25) is 0 Å². The van der Waals surface area contributed by atoms with Crippen LogP contribution in [0.3, 0.4) is 0 Å². The number of rotatable bonds is 6.